The first kappa shape index (κ1) is 15.0. The molecule has 1 amide bonds. The monoisotopic (exact) mass is 292 g/mol. The minimum atomic E-state index is -0.237. The van der Waals surface area contributed by atoms with Crippen molar-refractivity contribution in [2.45, 2.75) is 45.4 Å². The van der Waals surface area contributed by atoms with Gasteiger partial charge in [0.25, 0.3) is 5.91 Å². The number of rotatable bonds is 4. The molecular weight excluding hydrogens is 272 g/mol. The Morgan fingerprint density at radius 3 is 2.70 bits per heavy atom. The van der Waals surface area contributed by atoms with Crippen LogP contribution < -0.4 is 5.43 Å². The summed E-state index contributed by atoms with van der Waals surface area (Å²) in [5.41, 5.74) is 4.19. The topological polar surface area (TPSA) is 41.5 Å². The number of hydrazone groups is 1. The molecule has 0 aliphatic heterocycles. The second-order valence-electron chi connectivity index (χ2n) is 5.33. The zero-order valence-corrected chi connectivity index (χ0v) is 12.6. The first-order valence-corrected chi connectivity index (χ1v) is 7.68. The number of nitrogens with one attached hydrogen (secondary N) is 1. The number of hydrogen-bond acceptors (Lipinski definition) is 2. The molecule has 2 rings (SSSR count). The van der Waals surface area contributed by atoms with Crippen LogP contribution in [0.25, 0.3) is 0 Å². The van der Waals surface area contributed by atoms with Crippen LogP contribution >= 0.6 is 11.6 Å². The molecule has 0 atom stereocenters. The lowest BCUT2D eigenvalue weighted by atomic mass is 9.85. The fourth-order valence-corrected chi connectivity index (χ4v) is 2.88. The van der Waals surface area contributed by atoms with E-state index in [4.69, 9.17) is 11.6 Å². The Balaban J connectivity index is 1.88. The maximum atomic E-state index is 12.0. The zero-order chi connectivity index (χ0) is 14.4. The largest absolute Gasteiger partial charge is 0.272 e. The Bertz CT molecular complexity index is 489. The molecule has 1 N–H and O–H groups in total. The van der Waals surface area contributed by atoms with Gasteiger partial charge >= 0.3 is 0 Å². The molecule has 1 aromatic carbocycles. The molecule has 1 aliphatic carbocycles. The fourth-order valence-electron chi connectivity index (χ4n) is 2.65. The third kappa shape index (κ3) is 4.07. The van der Waals surface area contributed by atoms with Gasteiger partial charge in [0, 0.05) is 5.71 Å². The van der Waals surface area contributed by atoms with Crippen LogP contribution in [0.3, 0.4) is 0 Å². The van der Waals surface area contributed by atoms with Crippen LogP contribution in [0.2, 0.25) is 5.02 Å². The Morgan fingerprint density at radius 1 is 1.35 bits per heavy atom. The maximum Gasteiger partial charge on any atom is 0.272 e. The Morgan fingerprint density at radius 2 is 2.05 bits per heavy atom. The molecule has 0 heterocycles. The van der Waals surface area contributed by atoms with Crippen molar-refractivity contribution in [3.8, 4) is 0 Å². The summed E-state index contributed by atoms with van der Waals surface area (Å²) in [6.07, 6.45) is 6.92. The number of amides is 1. The molecule has 0 radical (unpaired) electrons. The lowest BCUT2D eigenvalue weighted by Crippen LogP contribution is -2.22. The molecule has 1 fully saturated rings. The van der Waals surface area contributed by atoms with Gasteiger partial charge < -0.3 is 0 Å². The van der Waals surface area contributed by atoms with E-state index in [0.29, 0.717) is 10.6 Å². The smallest absolute Gasteiger partial charge is 0.267 e. The van der Waals surface area contributed by atoms with Crippen molar-refractivity contribution in [1.82, 2.24) is 5.43 Å². The predicted molar refractivity (Wildman–Crippen MR) is 83.2 cm³/mol. The van der Waals surface area contributed by atoms with E-state index in [1.54, 1.807) is 24.3 Å². The molecule has 108 valence electrons. The van der Waals surface area contributed by atoms with Crippen LogP contribution in [0.4, 0.5) is 0 Å². The highest BCUT2D eigenvalue weighted by Gasteiger charge is 2.17. The minimum Gasteiger partial charge on any atom is -0.267 e. The minimum absolute atomic E-state index is 0.237. The summed E-state index contributed by atoms with van der Waals surface area (Å²) >= 11 is 5.99. The summed E-state index contributed by atoms with van der Waals surface area (Å²) in [7, 11) is 0. The van der Waals surface area contributed by atoms with Crippen molar-refractivity contribution in [3.05, 3.63) is 34.9 Å². The van der Waals surface area contributed by atoms with E-state index in [2.05, 4.69) is 17.5 Å². The average Bonchev–Trinajstić information content (AvgIpc) is 2.47. The van der Waals surface area contributed by atoms with Gasteiger partial charge in [-0.1, -0.05) is 43.5 Å². The number of hydrogen-bond donors (Lipinski definition) is 1. The quantitative estimate of drug-likeness (QED) is 0.820. The molecule has 1 saturated carbocycles. The van der Waals surface area contributed by atoms with Crippen molar-refractivity contribution >= 4 is 23.2 Å². The second-order valence-corrected chi connectivity index (χ2v) is 5.74. The van der Waals surface area contributed by atoms with Gasteiger partial charge in [0.05, 0.1) is 10.6 Å². The summed E-state index contributed by atoms with van der Waals surface area (Å²) in [5.74, 6) is 0.594. The molecule has 1 aliphatic rings. The van der Waals surface area contributed by atoms with Gasteiger partial charge in [-0.15, -0.1) is 0 Å². The number of carbonyl (C=O) groups is 1. The van der Waals surface area contributed by atoms with E-state index >= 15 is 0 Å². The molecule has 1 aromatic rings. The van der Waals surface area contributed by atoms with E-state index < -0.39 is 0 Å². The third-order valence-corrected chi connectivity index (χ3v) is 4.14. The Labute approximate surface area is 125 Å². The van der Waals surface area contributed by atoms with Crippen molar-refractivity contribution in [3.63, 3.8) is 0 Å². The van der Waals surface area contributed by atoms with Crippen LogP contribution in [0.15, 0.2) is 29.4 Å². The van der Waals surface area contributed by atoms with Gasteiger partial charge in [-0.3, -0.25) is 4.79 Å². The summed E-state index contributed by atoms with van der Waals surface area (Å²) in [6.45, 7) is 2.23. The highest BCUT2D eigenvalue weighted by atomic mass is 35.5. The van der Waals surface area contributed by atoms with Crippen LogP contribution in [-0.2, 0) is 0 Å². The third-order valence-electron chi connectivity index (χ3n) is 3.81. The normalized spacial score (nSPS) is 18.7. The number of nitrogens with zero attached hydrogens (tertiary/aromatic N) is 1. The Hall–Kier alpha value is -1.35. The molecule has 0 saturated heterocycles. The standard InChI is InChI=1S/C16H21ClN2O/c1-2-5-12-8-10-13(11-9-12)18-19-16(20)14-6-3-4-7-15(14)17/h3-4,6-7,12H,2,5,8-11H2,1H3,(H,19,20). The van der Waals surface area contributed by atoms with E-state index in [1.807, 2.05) is 0 Å². The SMILES string of the molecule is CCCC1CCC(=NNC(=O)c2ccccc2Cl)CC1. The molecule has 0 bridgehead atoms. The van der Waals surface area contributed by atoms with Crippen LogP contribution in [0.1, 0.15) is 55.8 Å². The molecular formula is C16H21ClN2O. The molecule has 0 aromatic heterocycles. The molecule has 4 heteroatoms. The molecule has 20 heavy (non-hydrogen) atoms. The van der Waals surface area contributed by atoms with Crippen LogP contribution in [-0.4, -0.2) is 11.6 Å². The van der Waals surface area contributed by atoms with Crippen LogP contribution in [0, 0.1) is 5.92 Å². The van der Waals surface area contributed by atoms with Crippen LogP contribution in [0.5, 0.6) is 0 Å². The summed E-state index contributed by atoms with van der Waals surface area (Å²) < 4.78 is 0. The van der Waals surface area contributed by atoms with Gasteiger partial charge in [-0.25, -0.2) is 5.43 Å². The fraction of sp³-hybridized carbons (Fsp3) is 0.500. The number of carbonyl (C=O) groups excluding carboxylic acids is 1. The number of halogens is 1. The van der Waals surface area contributed by atoms with E-state index in [0.717, 1.165) is 24.5 Å². The van der Waals surface area contributed by atoms with E-state index in [1.165, 1.54) is 25.7 Å². The highest BCUT2D eigenvalue weighted by molar-refractivity contribution is 6.33. The summed E-state index contributed by atoms with van der Waals surface area (Å²) in [6, 6.07) is 7.01. The molecule has 3 nitrogen and oxygen atoms in total. The Kier molecular flexibility index (Phi) is 5.60. The molecule has 0 unspecified atom stereocenters. The van der Waals surface area contributed by atoms with Gasteiger partial charge in [0.2, 0.25) is 0 Å². The summed E-state index contributed by atoms with van der Waals surface area (Å²) in [5, 5.41) is 4.71. The zero-order valence-electron chi connectivity index (χ0n) is 11.9. The predicted octanol–water partition coefficient (Wildman–Crippen LogP) is 4.42. The lowest BCUT2D eigenvalue weighted by molar-refractivity contribution is 0.0954. The van der Waals surface area contributed by atoms with Crippen molar-refractivity contribution in [1.29, 1.82) is 0 Å². The van der Waals surface area contributed by atoms with Crippen molar-refractivity contribution in [2.24, 2.45) is 11.0 Å². The van der Waals surface area contributed by atoms with Gasteiger partial charge in [-0.05, 0) is 43.7 Å². The van der Waals surface area contributed by atoms with E-state index in [9.17, 15) is 4.79 Å². The average molecular weight is 293 g/mol. The number of benzene rings is 1. The molecule has 0 spiro atoms. The van der Waals surface area contributed by atoms with Gasteiger partial charge in [0.1, 0.15) is 0 Å². The lowest BCUT2D eigenvalue weighted by Gasteiger charge is -2.22. The van der Waals surface area contributed by atoms with Gasteiger partial charge in [-0.2, -0.15) is 5.10 Å². The highest BCUT2D eigenvalue weighted by Crippen LogP contribution is 2.26. The maximum absolute atomic E-state index is 12.0. The van der Waals surface area contributed by atoms with Gasteiger partial charge in [0.15, 0.2) is 0 Å². The second kappa shape index (κ2) is 7.44. The summed E-state index contributed by atoms with van der Waals surface area (Å²) in [4.78, 5) is 12.0. The van der Waals surface area contributed by atoms with Crippen molar-refractivity contribution in [2.75, 3.05) is 0 Å². The first-order chi connectivity index (χ1) is 9.70. The first-order valence-electron chi connectivity index (χ1n) is 7.31. The van der Waals surface area contributed by atoms with Crippen molar-refractivity contribution < 1.29 is 4.79 Å². The van der Waals surface area contributed by atoms with E-state index in [-0.39, 0.29) is 5.91 Å².